The van der Waals surface area contributed by atoms with Crippen LogP contribution in [0.25, 0.3) is 22.7 Å². The number of aromatic nitrogens is 5. The van der Waals surface area contributed by atoms with Gasteiger partial charge in [-0.05, 0) is 67.4 Å². The zero-order chi connectivity index (χ0) is 22.9. The van der Waals surface area contributed by atoms with E-state index in [9.17, 15) is 4.79 Å². The zero-order valence-corrected chi connectivity index (χ0v) is 19.6. The Morgan fingerprint density at radius 3 is 2.58 bits per heavy atom. The van der Waals surface area contributed by atoms with E-state index in [0.29, 0.717) is 22.1 Å². The number of fused-ring (bicyclic) bond motifs is 1. The summed E-state index contributed by atoms with van der Waals surface area (Å²) in [7, 11) is 0. The van der Waals surface area contributed by atoms with Gasteiger partial charge in [0.25, 0.3) is 5.56 Å². The second-order valence-electron chi connectivity index (χ2n) is 7.75. The summed E-state index contributed by atoms with van der Waals surface area (Å²) in [6.45, 7) is 4.00. The molecule has 3 heterocycles. The molecule has 0 saturated heterocycles. The molecule has 0 aliphatic rings. The molecule has 0 bridgehead atoms. The van der Waals surface area contributed by atoms with Gasteiger partial charge in [-0.3, -0.25) is 13.8 Å². The molecule has 0 aliphatic heterocycles. The van der Waals surface area contributed by atoms with Crippen LogP contribution < -0.4 is 5.56 Å². The van der Waals surface area contributed by atoms with E-state index in [4.69, 9.17) is 16.6 Å². The maximum Gasteiger partial charge on any atom is 0.258 e. The van der Waals surface area contributed by atoms with Gasteiger partial charge in [0, 0.05) is 34.3 Å². The van der Waals surface area contributed by atoms with Crippen molar-refractivity contribution in [2.24, 2.45) is 0 Å². The fourth-order valence-corrected chi connectivity index (χ4v) is 4.64. The molecule has 0 saturated carbocycles. The van der Waals surface area contributed by atoms with Crippen molar-refractivity contribution >= 4 is 29.0 Å². The molecule has 0 amide bonds. The first-order valence-electron chi connectivity index (χ1n) is 10.4. The number of hydrogen-bond donors (Lipinski definition) is 0. The monoisotopic (exact) mass is 473 g/mol. The Morgan fingerprint density at radius 2 is 1.79 bits per heavy atom. The molecule has 0 aliphatic carbocycles. The Labute approximate surface area is 199 Å². The molecule has 0 spiro atoms. The Bertz CT molecular complexity index is 1520. The standard InChI is InChI=1S/C25H20ClN5OS/c1-16-5-3-7-21(13-16)31-24(18-8-10-19(26)11-9-18)28-29-25(31)33-15-20-14-22(32)30-12-4-6-17(2)23(30)27-20/h3-14H,15H2,1-2H3. The summed E-state index contributed by atoms with van der Waals surface area (Å²) in [5.41, 5.74) is 5.25. The number of rotatable bonds is 5. The third-order valence-corrected chi connectivity index (χ3v) is 6.50. The highest BCUT2D eigenvalue weighted by Crippen LogP contribution is 2.30. The Morgan fingerprint density at radius 1 is 0.970 bits per heavy atom. The van der Waals surface area contributed by atoms with E-state index in [-0.39, 0.29) is 5.56 Å². The largest absolute Gasteiger partial charge is 0.270 e. The minimum atomic E-state index is -0.0960. The van der Waals surface area contributed by atoms with Crippen LogP contribution in [0, 0.1) is 13.8 Å². The van der Waals surface area contributed by atoms with Crippen LogP contribution in [-0.2, 0) is 5.75 Å². The van der Waals surface area contributed by atoms with Crippen molar-refractivity contribution < 1.29 is 0 Å². The van der Waals surface area contributed by atoms with Crippen molar-refractivity contribution in [1.82, 2.24) is 24.1 Å². The van der Waals surface area contributed by atoms with Gasteiger partial charge in [-0.15, -0.1) is 10.2 Å². The lowest BCUT2D eigenvalue weighted by molar-refractivity contribution is 0.883. The van der Waals surface area contributed by atoms with Crippen molar-refractivity contribution in [3.05, 3.63) is 105 Å². The lowest BCUT2D eigenvalue weighted by Crippen LogP contribution is -2.15. The first-order valence-corrected chi connectivity index (χ1v) is 11.7. The van der Waals surface area contributed by atoms with E-state index in [2.05, 4.69) is 29.3 Å². The summed E-state index contributed by atoms with van der Waals surface area (Å²) in [4.78, 5) is 17.3. The van der Waals surface area contributed by atoms with Gasteiger partial charge in [0.1, 0.15) is 5.65 Å². The highest BCUT2D eigenvalue weighted by Gasteiger charge is 2.17. The van der Waals surface area contributed by atoms with E-state index in [1.165, 1.54) is 11.8 Å². The number of halogens is 1. The summed E-state index contributed by atoms with van der Waals surface area (Å²) >= 11 is 7.58. The second kappa shape index (κ2) is 8.84. The maximum atomic E-state index is 12.6. The lowest BCUT2D eigenvalue weighted by atomic mass is 10.2. The number of pyridine rings is 1. The fraction of sp³-hybridized carbons (Fsp3) is 0.120. The van der Waals surface area contributed by atoms with Gasteiger partial charge in [0.05, 0.1) is 5.69 Å². The van der Waals surface area contributed by atoms with Crippen molar-refractivity contribution in [3.8, 4) is 17.1 Å². The van der Waals surface area contributed by atoms with E-state index in [0.717, 1.165) is 33.4 Å². The molecule has 8 heteroatoms. The molecule has 0 unspecified atom stereocenters. The van der Waals surface area contributed by atoms with Crippen LogP contribution in [0.15, 0.2) is 82.9 Å². The highest BCUT2D eigenvalue weighted by molar-refractivity contribution is 7.98. The molecular formula is C25H20ClN5OS. The third kappa shape index (κ3) is 4.29. The van der Waals surface area contributed by atoms with Crippen LogP contribution in [0.5, 0.6) is 0 Å². The molecule has 0 atom stereocenters. The van der Waals surface area contributed by atoms with Crippen LogP contribution >= 0.6 is 23.4 Å². The predicted octanol–water partition coefficient (Wildman–Crippen LogP) is 5.50. The normalized spacial score (nSPS) is 11.2. The van der Waals surface area contributed by atoms with E-state index in [1.807, 2.05) is 60.0 Å². The van der Waals surface area contributed by atoms with Gasteiger partial charge >= 0.3 is 0 Å². The van der Waals surface area contributed by atoms with Crippen molar-refractivity contribution in [2.45, 2.75) is 24.8 Å². The first-order chi connectivity index (χ1) is 16.0. The molecular weight excluding hydrogens is 454 g/mol. The van der Waals surface area contributed by atoms with E-state index >= 15 is 0 Å². The van der Waals surface area contributed by atoms with Crippen LogP contribution in [0.4, 0.5) is 0 Å². The molecule has 33 heavy (non-hydrogen) atoms. The Hall–Kier alpha value is -3.42. The smallest absolute Gasteiger partial charge is 0.258 e. The molecule has 2 aromatic carbocycles. The number of nitrogens with zero attached hydrogens (tertiary/aromatic N) is 5. The summed E-state index contributed by atoms with van der Waals surface area (Å²) in [6.07, 6.45) is 1.74. The van der Waals surface area contributed by atoms with Crippen LogP contribution in [0.1, 0.15) is 16.8 Å². The Kier molecular flexibility index (Phi) is 5.74. The van der Waals surface area contributed by atoms with Crippen LogP contribution in [0.2, 0.25) is 5.02 Å². The van der Waals surface area contributed by atoms with Crippen LogP contribution in [0.3, 0.4) is 0 Å². The highest BCUT2D eigenvalue weighted by atomic mass is 35.5. The minimum absolute atomic E-state index is 0.0960. The van der Waals surface area contributed by atoms with Gasteiger partial charge in [0.2, 0.25) is 0 Å². The molecule has 3 aromatic heterocycles. The van der Waals surface area contributed by atoms with Crippen molar-refractivity contribution in [2.75, 3.05) is 0 Å². The maximum absolute atomic E-state index is 12.6. The summed E-state index contributed by atoms with van der Waals surface area (Å²) in [6, 6.07) is 21.1. The van der Waals surface area contributed by atoms with Crippen molar-refractivity contribution in [3.63, 3.8) is 0 Å². The molecule has 164 valence electrons. The van der Waals surface area contributed by atoms with E-state index in [1.54, 1.807) is 16.7 Å². The van der Waals surface area contributed by atoms with Gasteiger partial charge in [0.15, 0.2) is 11.0 Å². The van der Waals surface area contributed by atoms with Gasteiger partial charge in [-0.2, -0.15) is 0 Å². The lowest BCUT2D eigenvalue weighted by Gasteiger charge is -2.11. The van der Waals surface area contributed by atoms with Crippen LogP contribution in [-0.4, -0.2) is 24.1 Å². The minimum Gasteiger partial charge on any atom is -0.270 e. The number of hydrogen-bond acceptors (Lipinski definition) is 5. The average molecular weight is 474 g/mol. The van der Waals surface area contributed by atoms with E-state index < -0.39 is 0 Å². The molecule has 0 N–H and O–H groups in total. The molecule has 0 fully saturated rings. The van der Waals surface area contributed by atoms with Gasteiger partial charge < -0.3 is 0 Å². The second-order valence-corrected chi connectivity index (χ2v) is 9.13. The number of benzene rings is 2. The molecule has 5 rings (SSSR count). The van der Waals surface area contributed by atoms with Gasteiger partial charge in [-0.25, -0.2) is 4.98 Å². The topological polar surface area (TPSA) is 65.1 Å². The Balaban J connectivity index is 1.55. The molecule has 6 nitrogen and oxygen atoms in total. The zero-order valence-electron chi connectivity index (χ0n) is 18.1. The van der Waals surface area contributed by atoms with Gasteiger partial charge in [-0.1, -0.05) is 41.6 Å². The molecule has 5 aromatic rings. The quantitative estimate of drug-likeness (QED) is 0.315. The third-order valence-electron chi connectivity index (χ3n) is 5.28. The average Bonchev–Trinajstić information content (AvgIpc) is 3.23. The summed E-state index contributed by atoms with van der Waals surface area (Å²) in [5, 5.41) is 10.3. The number of thioether (sulfide) groups is 1. The fourth-order valence-electron chi connectivity index (χ4n) is 3.67. The predicted molar refractivity (Wildman–Crippen MR) is 132 cm³/mol. The molecule has 0 radical (unpaired) electrons. The summed E-state index contributed by atoms with van der Waals surface area (Å²) < 4.78 is 3.59. The summed E-state index contributed by atoms with van der Waals surface area (Å²) in [5.74, 6) is 1.21. The van der Waals surface area contributed by atoms with Crippen molar-refractivity contribution in [1.29, 1.82) is 0 Å². The first kappa shape index (κ1) is 21.4. The SMILES string of the molecule is Cc1cccc(-n2c(SCc3cc(=O)n4cccc(C)c4n3)nnc2-c2ccc(Cl)cc2)c1. The number of aryl methyl sites for hydroxylation is 2.